The fourth-order valence-electron chi connectivity index (χ4n) is 2.73. The average Bonchev–Trinajstić information content (AvgIpc) is 3.24. The third-order valence-corrected chi connectivity index (χ3v) is 5.39. The van der Waals surface area contributed by atoms with Gasteiger partial charge in [-0.2, -0.15) is 13.2 Å². The molecule has 3 aromatic rings. The molecule has 0 bridgehead atoms. The van der Waals surface area contributed by atoms with Crippen LogP contribution in [0.2, 0.25) is 0 Å². The fourth-order valence-corrected chi connectivity index (χ4v) is 3.56. The molecule has 0 unspecified atom stereocenters. The molecule has 0 radical (unpaired) electrons. The Balaban J connectivity index is 1.45. The van der Waals surface area contributed by atoms with Crippen LogP contribution in [-0.4, -0.2) is 30.5 Å². The number of rotatable bonds is 8. The SMILES string of the molecule is COc1ccc(CNC(=O)CNC(=O)Cc2csc(-c3ccc(C(F)(F)F)cc3)n2)cc1. The van der Waals surface area contributed by atoms with Gasteiger partial charge in [-0.05, 0) is 29.8 Å². The molecular formula is C22H20F3N3O3S. The van der Waals surface area contributed by atoms with Gasteiger partial charge in [-0.25, -0.2) is 4.98 Å². The molecule has 0 spiro atoms. The first-order chi connectivity index (χ1) is 15.2. The third-order valence-electron chi connectivity index (χ3n) is 4.45. The van der Waals surface area contributed by atoms with Gasteiger partial charge in [-0.1, -0.05) is 24.3 Å². The Morgan fingerprint density at radius 1 is 1.00 bits per heavy atom. The lowest BCUT2D eigenvalue weighted by molar-refractivity contribution is -0.137. The van der Waals surface area contributed by atoms with E-state index < -0.39 is 11.7 Å². The highest BCUT2D eigenvalue weighted by Crippen LogP contribution is 2.31. The molecular weight excluding hydrogens is 443 g/mol. The monoisotopic (exact) mass is 463 g/mol. The molecule has 2 N–H and O–H groups in total. The van der Waals surface area contributed by atoms with Crippen molar-refractivity contribution in [2.24, 2.45) is 0 Å². The number of methoxy groups -OCH3 is 1. The quantitative estimate of drug-likeness (QED) is 0.533. The summed E-state index contributed by atoms with van der Waals surface area (Å²) in [4.78, 5) is 28.3. The molecule has 0 aliphatic carbocycles. The highest BCUT2D eigenvalue weighted by atomic mass is 32.1. The molecule has 1 heterocycles. The van der Waals surface area contributed by atoms with Crippen LogP contribution >= 0.6 is 11.3 Å². The number of hydrogen-bond donors (Lipinski definition) is 2. The van der Waals surface area contributed by atoms with Gasteiger partial charge in [0.15, 0.2) is 0 Å². The molecule has 0 aliphatic rings. The number of ether oxygens (including phenoxy) is 1. The highest BCUT2D eigenvalue weighted by molar-refractivity contribution is 7.13. The Kier molecular flexibility index (Phi) is 7.47. The van der Waals surface area contributed by atoms with Crippen LogP contribution in [0.3, 0.4) is 0 Å². The summed E-state index contributed by atoms with van der Waals surface area (Å²) in [6, 6.07) is 11.9. The zero-order chi connectivity index (χ0) is 23.1. The lowest BCUT2D eigenvalue weighted by atomic mass is 10.1. The summed E-state index contributed by atoms with van der Waals surface area (Å²) in [5, 5.41) is 7.41. The summed E-state index contributed by atoms with van der Waals surface area (Å²) >= 11 is 1.23. The summed E-state index contributed by atoms with van der Waals surface area (Å²) in [6.07, 6.45) is -4.44. The van der Waals surface area contributed by atoms with Crippen LogP contribution in [0.15, 0.2) is 53.9 Å². The van der Waals surface area contributed by atoms with Gasteiger partial charge in [0, 0.05) is 17.5 Å². The summed E-state index contributed by atoms with van der Waals surface area (Å²) in [5.74, 6) is 0.00242. The number of nitrogens with zero attached hydrogens (tertiary/aromatic N) is 1. The van der Waals surface area contributed by atoms with Crippen molar-refractivity contribution < 1.29 is 27.5 Å². The number of carbonyl (C=O) groups excluding carboxylic acids is 2. The number of halogens is 3. The molecule has 0 saturated heterocycles. The van der Waals surface area contributed by atoms with Gasteiger partial charge < -0.3 is 15.4 Å². The number of hydrogen-bond acceptors (Lipinski definition) is 5. The van der Waals surface area contributed by atoms with Crippen LogP contribution in [0.4, 0.5) is 13.2 Å². The summed E-state index contributed by atoms with van der Waals surface area (Å²) in [6.45, 7) is 0.145. The topological polar surface area (TPSA) is 80.3 Å². The Hall–Kier alpha value is -3.40. The predicted molar refractivity (Wildman–Crippen MR) is 114 cm³/mol. The molecule has 2 amide bonds. The van der Waals surface area contributed by atoms with E-state index in [0.29, 0.717) is 22.8 Å². The van der Waals surface area contributed by atoms with E-state index in [1.807, 2.05) is 12.1 Å². The van der Waals surface area contributed by atoms with Crippen molar-refractivity contribution >= 4 is 23.2 Å². The van der Waals surface area contributed by atoms with E-state index in [-0.39, 0.29) is 24.8 Å². The minimum Gasteiger partial charge on any atom is -0.497 e. The van der Waals surface area contributed by atoms with Crippen molar-refractivity contribution in [1.29, 1.82) is 0 Å². The molecule has 2 aromatic carbocycles. The van der Waals surface area contributed by atoms with Crippen LogP contribution in [0.5, 0.6) is 5.75 Å². The second-order valence-corrected chi connectivity index (χ2v) is 7.66. The number of amides is 2. The maximum atomic E-state index is 12.7. The zero-order valence-electron chi connectivity index (χ0n) is 17.0. The van der Waals surface area contributed by atoms with Gasteiger partial charge >= 0.3 is 6.18 Å². The van der Waals surface area contributed by atoms with Crippen molar-refractivity contribution in [1.82, 2.24) is 15.6 Å². The Morgan fingerprint density at radius 3 is 2.31 bits per heavy atom. The largest absolute Gasteiger partial charge is 0.497 e. The third kappa shape index (κ3) is 6.55. The summed E-state index contributed by atoms with van der Waals surface area (Å²) in [7, 11) is 1.57. The van der Waals surface area contributed by atoms with E-state index >= 15 is 0 Å². The van der Waals surface area contributed by atoms with E-state index in [1.165, 1.54) is 23.5 Å². The molecule has 1 aromatic heterocycles. The van der Waals surface area contributed by atoms with E-state index in [4.69, 9.17) is 4.74 Å². The van der Waals surface area contributed by atoms with E-state index in [0.717, 1.165) is 23.4 Å². The summed E-state index contributed by atoms with van der Waals surface area (Å²) in [5.41, 5.74) is 1.17. The van der Waals surface area contributed by atoms with Crippen LogP contribution in [0.25, 0.3) is 10.6 Å². The van der Waals surface area contributed by atoms with Crippen LogP contribution in [-0.2, 0) is 28.7 Å². The first-order valence-electron chi connectivity index (χ1n) is 9.53. The smallest absolute Gasteiger partial charge is 0.416 e. The predicted octanol–water partition coefficient (Wildman–Crippen LogP) is 3.81. The minimum absolute atomic E-state index is 0.0388. The Bertz CT molecular complexity index is 1060. The van der Waals surface area contributed by atoms with E-state index in [9.17, 15) is 22.8 Å². The number of alkyl halides is 3. The molecule has 168 valence electrons. The maximum absolute atomic E-state index is 12.7. The lowest BCUT2D eigenvalue weighted by Crippen LogP contribution is -2.37. The van der Waals surface area contributed by atoms with Gasteiger partial charge in [0.25, 0.3) is 0 Å². The molecule has 3 rings (SSSR count). The zero-order valence-corrected chi connectivity index (χ0v) is 17.8. The van der Waals surface area contributed by atoms with Crippen molar-refractivity contribution in [3.8, 4) is 16.3 Å². The highest BCUT2D eigenvalue weighted by Gasteiger charge is 2.30. The maximum Gasteiger partial charge on any atom is 0.416 e. The first kappa shape index (κ1) is 23.3. The van der Waals surface area contributed by atoms with Crippen LogP contribution in [0, 0.1) is 0 Å². The van der Waals surface area contributed by atoms with Crippen molar-refractivity contribution in [3.63, 3.8) is 0 Å². The van der Waals surface area contributed by atoms with Gasteiger partial charge in [0.2, 0.25) is 11.8 Å². The molecule has 0 atom stereocenters. The standard InChI is InChI=1S/C22H20F3N3O3S/c1-31-18-8-2-14(3-9-18)11-26-20(30)12-27-19(29)10-17-13-32-21(28-17)15-4-6-16(7-5-15)22(23,24)25/h2-9,13H,10-12H2,1H3,(H,26,30)(H,27,29). The molecule has 10 heteroatoms. The number of nitrogens with one attached hydrogen (secondary N) is 2. The molecule has 0 saturated carbocycles. The van der Waals surface area contributed by atoms with Crippen molar-refractivity contribution in [3.05, 3.63) is 70.7 Å². The van der Waals surface area contributed by atoms with Crippen LogP contribution < -0.4 is 15.4 Å². The Labute approximate surface area is 186 Å². The molecule has 0 aliphatic heterocycles. The second kappa shape index (κ2) is 10.3. The molecule has 32 heavy (non-hydrogen) atoms. The van der Waals surface area contributed by atoms with Gasteiger partial charge in [-0.15, -0.1) is 11.3 Å². The Morgan fingerprint density at radius 2 is 1.69 bits per heavy atom. The van der Waals surface area contributed by atoms with Gasteiger partial charge in [0.05, 0.1) is 31.3 Å². The number of thiazole rings is 1. The first-order valence-corrected chi connectivity index (χ1v) is 10.4. The van der Waals surface area contributed by atoms with E-state index in [1.54, 1.807) is 24.6 Å². The van der Waals surface area contributed by atoms with Crippen LogP contribution in [0.1, 0.15) is 16.8 Å². The molecule has 0 fully saturated rings. The van der Waals surface area contributed by atoms with Crippen molar-refractivity contribution in [2.75, 3.05) is 13.7 Å². The van der Waals surface area contributed by atoms with Gasteiger partial charge in [0.1, 0.15) is 10.8 Å². The molecule has 6 nitrogen and oxygen atoms in total. The number of aromatic nitrogens is 1. The average molecular weight is 463 g/mol. The number of carbonyl (C=O) groups is 2. The second-order valence-electron chi connectivity index (χ2n) is 6.80. The fraction of sp³-hybridized carbons (Fsp3) is 0.227. The summed E-state index contributed by atoms with van der Waals surface area (Å²) < 4.78 is 43.1. The van der Waals surface area contributed by atoms with Crippen molar-refractivity contribution in [2.45, 2.75) is 19.1 Å². The van der Waals surface area contributed by atoms with E-state index in [2.05, 4.69) is 15.6 Å². The normalized spacial score (nSPS) is 11.1. The number of benzene rings is 2. The lowest BCUT2D eigenvalue weighted by Gasteiger charge is -2.07. The minimum atomic E-state index is -4.40. The van der Waals surface area contributed by atoms with Gasteiger partial charge in [-0.3, -0.25) is 9.59 Å².